The van der Waals surface area contributed by atoms with Gasteiger partial charge >= 0.3 is 6.18 Å². The van der Waals surface area contributed by atoms with Crippen LogP contribution >= 0.6 is 35.0 Å². The molecule has 136 valence electrons. The Kier molecular flexibility index (Phi) is 7.16. The number of halogens is 5. The van der Waals surface area contributed by atoms with Crippen molar-refractivity contribution in [1.82, 2.24) is 0 Å². The second-order valence-electron chi connectivity index (χ2n) is 5.16. The summed E-state index contributed by atoms with van der Waals surface area (Å²) >= 11 is 13.4. The minimum atomic E-state index is -4.31. The fraction of sp³-hybridized carbons (Fsp3) is 0.294. The minimum absolute atomic E-state index is 0.0321. The number of phenolic OH excluding ortho intramolecular Hbond substituents is 1. The van der Waals surface area contributed by atoms with Gasteiger partial charge in [-0.1, -0.05) is 23.2 Å². The number of hydrogen-bond acceptors (Lipinski definition) is 3. The van der Waals surface area contributed by atoms with Gasteiger partial charge in [-0.25, -0.2) is 0 Å². The lowest BCUT2D eigenvalue weighted by Gasteiger charge is -2.10. The molecule has 0 radical (unpaired) electrons. The minimum Gasteiger partial charge on any atom is -0.508 e. The van der Waals surface area contributed by atoms with Gasteiger partial charge in [0.2, 0.25) is 0 Å². The van der Waals surface area contributed by atoms with Crippen molar-refractivity contribution in [2.75, 3.05) is 12.4 Å². The van der Waals surface area contributed by atoms with E-state index in [1.54, 1.807) is 0 Å². The molecule has 25 heavy (non-hydrogen) atoms. The molecule has 0 aliphatic heterocycles. The van der Waals surface area contributed by atoms with E-state index >= 15 is 0 Å². The monoisotopic (exact) mass is 410 g/mol. The number of hydrogen-bond donors (Lipinski definition) is 1. The van der Waals surface area contributed by atoms with E-state index in [1.807, 2.05) is 0 Å². The highest BCUT2D eigenvalue weighted by Crippen LogP contribution is 2.36. The van der Waals surface area contributed by atoms with Crippen LogP contribution in [0.1, 0.15) is 18.4 Å². The lowest BCUT2D eigenvalue weighted by molar-refractivity contribution is -0.137. The van der Waals surface area contributed by atoms with Crippen LogP contribution in [0.4, 0.5) is 13.2 Å². The first-order chi connectivity index (χ1) is 11.8. The first-order valence-corrected chi connectivity index (χ1v) is 9.12. The Hall–Kier alpha value is -1.24. The number of benzene rings is 2. The standard InChI is InChI=1S/C17H15Cl2F3O2S/c18-14-9-12(23)10-15(19)16(14)24-7-1-2-8-25-13-5-3-11(4-6-13)17(20,21)22/h3-6,9-10,23H,1-2,7-8H2. The van der Waals surface area contributed by atoms with Gasteiger partial charge in [0.05, 0.1) is 22.2 Å². The first kappa shape index (κ1) is 20.1. The quantitative estimate of drug-likeness (QED) is 0.408. The molecule has 0 amide bonds. The van der Waals surface area contributed by atoms with Crippen molar-refractivity contribution >= 4 is 35.0 Å². The van der Waals surface area contributed by atoms with Gasteiger partial charge in [0.25, 0.3) is 0 Å². The van der Waals surface area contributed by atoms with Crippen LogP contribution in [0.5, 0.6) is 11.5 Å². The molecule has 0 aliphatic rings. The number of alkyl halides is 3. The Labute approximate surface area is 157 Å². The zero-order valence-corrected chi connectivity index (χ0v) is 15.3. The predicted molar refractivity (Wildman–Crippen MR) is 95.0 cm³/mol. The van der Waals surface area contributed by atoms with Crippen LogP contribution in [0.15, 0.2) is 41.3 Å². The molecule has 2 aromatic rings. The molecule has 2 rings (SSSR count). The molecular formula is C17H15Cl2F3O2S. The van der Waals surface area contributed by atoms with E-state index in [0.717, 1.165) is 35.6 Å². The number of thioether (sulfide) groups is 1. The Morgan fingerprint density at radius 3 is 2.16 bits per heavy atom. The van der Waals surface area contributed by atoms with Crippen molar-refractivity contribution in [2.45, 2.75) is 23.9 Å². The molecule has 0 saturated heterocycles. The van der Waals surface area contributed by atoms with Gasteiger partial charge in [0, 0.05) is 17.0 Å². The van der Waals surface area contributed by atoms with Crippen LogP contribution in [0, 0.1) is 0 Å². The van der Waals surface area contributed by atoms with E-state index in [1.165, 1.54) is 36.0 Å². The van der Waals surface area contributed by atoms with Gasteiger partial charge in [-0.3, -0.25) is 0 Å². The van der Waals surface area contributed by atoms with E-state index in [9.17, 15) is 18.3 Å². The Morgan fingerprint density at radius 1 is 1.00 bits per heavy atom. The Bertz CT molecular complexity index is 683. The zero-order valence-electron chi connectivity index (χ0n) is 12.9. The number of aromatic hydroxyl groups is 1. The number of rotatable bonds is 7. The average Bonchev–Trinajstić information content (AvgIpc) is 2.52. The summed E-state index contributed by atoms with van der Waals surface area (Å²) in [7, 11) is 0. The second kappa shape index (κ2) is 8.92. The third-order valence-electron chi connectivity index (χ3n) is 3.22. The predicted octanol–water partition coefficient (Wildman–Crippen LogP) is 6.67. The summed E-state index contributed by atoms with van der Waals surface area (Å²) in [5.74, 6) is 1.05. The molecule has 1 N–H and O–H groups in total. The normalized spacial score (nSPS) is 11.6. The largest absolute Gasteiger partial charge is 0.508 e. The van der Waals surface area contributed by atoms with Crippen molar-refractivity contribution in [3.63, 3.8) is 0 Å². The van der Waals surface area contributed by atoms with Crippen molar-refractivity contribution in [2.24, 2.45) is 0 Å². The third-order valence-corrected chi connectivity index (χ3v) is 4.88. The van der Waals surface area contributed by atoms with E-state index < -0.39 is 11.7 Å². The zero-order chi connectivity index (χ0) is 18.4. The first-order valence-electron chi connectivity index (χ1n) is 7.38. The fourth-order valence-electron chi connectivity index (χ4n) is 1.99. The van der Waals surface area contributed by atoms with Crippen molar-refractivity contribution < 1.29 is 23.0 Å². The van der Waals surface area contributed by atoms with Crippen LogP contribution in [-0.2, 0) is 6.18 Å². The highest BCUT2D eigenvalue weighted by atomic mass is 35.5. The molecular weight excluding hydrogens is 396 g/mol. The molecule has 0 aromatic heterocycles. The van der Waals surface area contributed by atoms with Gasteiger partial charge in [-0.15, -0.1) is 11.8 Å². The van der Waals surface area contributed by atoms with Crippen molar-refractivity contribution in [3.05, 3.63) is 52.0 Å². The summed E-state index contributed by atoms with van der Waals surface area (Å²) < 4.78 is 42.9. The summed E-state index contributed by atoms with van der Waals surface area (Å²) in [5.41, 5.74) is -0.645. The maximum absolute atomic E-state index is 12.5. The number of ether oxygens (including phenoxy) is 1. The molecule has 0 fully saturated rings. The van der Waals surface area contributed by atoms with Gasteiger partial charge in [-0.2, -0.15) is 13.2 Å². The lowest BCUT2D eigenvalue weighted by atomic mass is 10.2. The maximum atomic E-state index is 12.5. The summed E-state index contributed by atoms with van der Waals surface area (Å²) in [6.07, 6.45) is -2.75. The maximum Gasteiger partial charge on any atom is 0.416 e. The molecule has 0 atom stereocenters. The molecule has 0 unspecified atom stereocenters. The summed E-state index contributed by atoms with van der Waals surface area (Å²) in [6, 6.07) is 7.81. The van der Waals surface area contributed by atoms with E-state index in [-0.39, 0.29) is 15.8 Å². The van der Waals surface area contributed by atoms with Crippen LogP contribution in [0.25, 0.3) is 0 Å². The van der Waals surface area contributed by atoms with Gasteiger partial charge in [0.1, 0.15) is 5.75 Å². The SMILES string of the molecule is Oc1cc(Cl)c(OCCCCSc2ccc(C(F)(F)F)cc2)c(Cl)c1. The van der Waals surface area contributed by atoms with Crippen molar-refractivity contribution in [1.29, 1.82) is 0 Å². The second-order valence-corrected chi connectivity index (χ2v) is 7.15. The van der Waals surface area contributed by atoms with E-state index in [0.29, 0.717) is 12.4 Å². The van der Waals surface area contributed by atoms with E-state index in [4.69, 9.17) is 27.9 Å². The molecule has 0 spiro atoms. The highest BCUT2D eigenvalue weighted by Gasteiger charge is 2.29. The van der Waals surface area contributed by atoms with Crippen LogP contribution in [0.3, 0.4) is 0 Å². The fourth-order valence-corrected chi connectivity index (χ4v) is 3.49. The summed E-state index contributed by atoms with van der Waals surface area (Å²) in [4.78, 5) is 0.790. The molecule has 2 aromatic carbocycles. The lowest BCUT2D eigenvalue weighted by Crippen LogP contribution is -2.03. The highest BCUT2D eigenvalue weighted by molar-refractivity contribution is 7.99. The molecule has 0 bridgehead atoms. The van der Waals surface area contributed by atoms with Gasteiger partial charge < -0.3 is 9.84 Å². The number of unbranched alkanes of at least 4 members (excludes halogenated alkanes) is 1. The van der Waals surface area contributed by atoms with Crippen molar-refractivity contribution in [3.8, 4) is 11.5 Å². The smallest absolute Gasteiger partial charge is 0.416 e. The molecule has 0 saturated carbocycles. The average molecular weight is 411 g/mol. The molecule has 8 heteroatoms. The van der Waals surface area contributed by atoms with E-state index in [2.05, 4.69) is 0 Å². The summed E-state index contributed by atoms with van der Waals surface area (Å²) in [6.45, 7) is 0.401. The topological polar surface area (TPSA) is 29.5 Å². The van der Waals surface area contributed by atoms with Gasteiger partial charge in [-0.05, 0) is 42.9 Å². The summed E-state index contributed by atoms with van der Waals surface area (Å²) in [5, 5.41) is 9.82. The van der Waals surface area contributed by atoms with Crippen LogP contribution in [-0.4, -0.2) is 17.5 Å². The molecule has 0 heterocycles. The molecule has 0 aliphatic carbocycles. The van der Waals surface area contributed by atoms with Gasteiger partial charge in [0.15, 0.2) is 5.75 Å². The Morgan fingerprint density at radius 2 is 1.60 bits per heavy atom. The third kappa shape index (κ3) is 6.20. The van der Waals surface area contributed by atoms with Crippen LogP contribution < -0.4 is 4.74 Å². The number of phenols is 1. The molecule has 2 nitrogen and oxygen atoms in total. The Balaban J connectivity index is 1.70. The van der Waals surface area contributed by atoms with Crippen LogP contribution in [0.2, 0.25) is 10.0 Å².